The van der Waals surface area contributed by atoms with Gasteiger partial charge in [-0.15, -0.1) is 0 Å². The van der Waals surface area contributed by atoms with Gasteiger partial charge in [-0.05, 0) is 34.7 Å². The second-order valence-electron chi connectivity index (χ2n) is 4.94. The Morgan fingerprint density at radius 2 is 1.71 bits per heavy atom. The number of rotatable bonds is 3. The molecular formula is C18H16BrNO. The van der Waals surface area contributed by atoms with E-state index in [0.29, 0.717) is 0 Å². The number of fused-ring (bicyclic) bond motifs is 1. The summed E-state index contributed by atoms with van der Waals surface area (Å²) in [6.45, 7) is 0. The Labute approximate surface area is 132 Å². The normalized spacial score (nSPS) is 12.3. The van der Waals surface area contributed by atoms with Crippen molar-refractivity contribution < 1.29 is 4.74 Å². The SMILES string of the molecule is COc1ccc(C(N)c2cccc(Br)c2)c2ccccc12. The van der Waals surface area contributed by atoms with Gasteiger partial charge in [0.05, 0.1) is 13.2 Å². The summed E-state index contributed by atoms with van der Waals surface area (Å²) in [6, 6.07) is 20.2. The molecule has 1 atom stereocenters. The Kier molecular flexibility index (Phi) is 3.95. The highest BCUT2D eigenvalue weighted by molar-refractivity contribution is 9.10. The van der Waals surface area contributed by atoms with Crippen LogP contribution in [0.4, 0.5) is 0 Å². The van der Waals surface area contributed by atoms with Crippen LogP contribution >= 0.6 is 15.9 Å². The molecule has 0 heterocycles. The fraction of sp³-hybridized carbons (Fsp3) is 0.111. The monoisotopic (exact) mass is 341 g/mol. The lowest BCUT2D eigenvalue weighted by Gasteiger charge is -2.17. The zero-order chi connectivity index (χ0) is 14.8. The van der Waals surface area contributed by atoms with Crippen molar-refractivity contribution in [3.8, 4) is 5.75 Å². The van der Waals surface area contributed by atoms with E-state index in [4.69, 9.17) is 10.5 Å². The fourth-order valence-electron chi connectivity index (χ4n) is 2.62. The van der Waals surface area contributed by atoms with Crippen LogP contribution in [-0.4, -0.2) is 7.11 Å². The Balaban J connectivity index is 2.17. The summed E-state index contributed by atoms with van der Waals surface area (Å²) in [7, 11) is 1.69. The lowest BCUT2D eigenvalue weighted by atomic mass is 9.94. The van der Waals surface area contributed by atoms with Crippen LogP contribution in [0.1, 0.15) is 17.2 Å². The fourth-order valence-corrected chi connectivity index (χ4v) is 3.04. The van der Waals surface area contributed by atoms with Gasteiger partial charge < -0.3 is 10.5 Å². The van der Waals surface area contributed by atoms with E-state index in [9.17, 15) is 0 Å². The first-order valence-electron chi connectivity index (χ1n) is 6.77. The summed E-state index contributed by atoms with van der Waals surface area (Å²) < 4.78 is 6.47. The van der Waals surface area contributed by atoms with Crippen LogP contribution in [0.3, 0.4) is 0 Å². The minimum Gasteiger partial charge on any atom is -0.496 e. The topological polar surface area (TPSA) is 35.2 Å². The molecule has 0 aliphatic carbocycles. The largest absolute Gasteiger partial charge is 0.496 e. The number of methoxy groups -OCH3 is 1. The maximum Gasteiger partial charge on any atom is 0.126 e. The van der Waals surface area contributed by atoms with Gasteiger partial charge in [-0.2, -0.15) is 0 Å². The van der Waals surface area contributed by atoms with Gasteiger partial charge >= 0.3 is 0 Å². The molecule has 0 fully saturated rings. The molecule has 0 saturated heterocycles. The Bertz CT molecular complexity index is 785. The Morgan fingerprint density at radius 1 is 0.952 bits per heavy atom. The highest BCUT2D eigenvalue weighted by Crippen LogP contribution is 2.33. The molecule has 0 aliphatic heterocycles. The lowest BCUT2D eigenvalue weighted by molar-refractivity contribution is 0.419. The molecule has 2 N–H and O–H groups in total. The molecule has 0 spiro atoms. The van der Waals surface area contributed by atoms with Gasteiger partial charge in [0.2, 0.25) is 0 Å². The molecule has 0 aliphatic rings. The van der Waals surface area contributed by atoms with Crippen molar-refractivity contribution in [3.05, 3.63) is 76.3 Å². The molecule has 21 heavy (non-hydrogen) atoms. The first-order valence-corrected chi connectivity index (χ1v) is 7.56. The van der Waals surface area contributed by atoms with E-state index in [1.165, 1.54) is 0 Å². The first-order chi connectivity index (χ1) is 10.2. The number of halogens is 1. The van der Waals surface area contributed by atoms with Crippen LogP contribution in [0, 0.1) is 0 Å². The summed E-state index contributed by atoms with van der Waals surface area (Å²) in [4.78, 5) is 0. The highest BCUT2D eigenvalue weighted by atomic mass is 79.9. The van der Waals surface area contributed by atoms with Crippen molar-refractivity contribution >= 4 is 26.7 Å². The Morgan fingerprint density at radius 3 is 2.43 bits per heavy atom. The smallest absolute Gasteiger partial charge is 0.126 e. The van der Waals surface area contributed by atoms with Crippen LogP contribution < -0.4 is 10.5 Å². The van der Waals surface area contributed by atoms with E-state index in [0.717, 1.165) is 32.1 Å². The second kappa shape index (κ2) is 5.88. The average molecular weight is 342 g/mol. The van der Waals surface area contributed by atoms with Crippen LogP contribution in [0.15, 0.2) is 65.1 Å². The Hall–Kier alpha value is -1.84. The van der Waals surface area contributed by atoms with Crippen molar-refractivity contribution in [2.75, 3.05) is 7.11 Å². The summed E-state index contributed by atoms with van der Waals surface area (Å²) >= 11 is 3.50. The van der Waals surface area contributed by atoms with E-state index >= 15 is 0 Å². The quantitative estimate of drug-likeness (QED) is 0.751. The van der Waals surface area contributed by atoms with E-state index in [2.05, 4.69) is 40.2 Å². The molecule has 1 unspecified atom stereocenters. The van der Waals surface area contributed by atoms with Crippen molar-refractivity contribution in [1.29, 1.82) is 0 Å². The number of ether oxygens (including phenoxy) is 1. The van der Waals surface area contributed by atoms with Crippen LogP contribution in [0.5, 0.6) is 5.75 Å². The third-order valence-electron chi connectivity index (χ3n) is 3.68. The number of hydrogen-bond acceptors (Lipinski definition) is 2. The summed E-state index contributed by atoms with van der Waals surface area (Å²) in [5.74, 6) is 0.871. The second-order valence-corrected chi connectivity index (χ2v) is 5.85. The number of benzene rings is 3. The number of hydrogen-bond donors (Lipinski definition) is 1. The van der Waals surface area contributed by atoms with Gasteiger partial charge in [0, 0.05) is 9.86 Å². The van der Waals surface area contributed by atoms with Crippen LogP contribution in [0.25, 0.3) is 10.8 Å². The molecule has 106 valence electrons. The van der Waals surface area contributed by atoms with Gasteiger partial charge in [0.25, 0.3) is 0 Å². The van der Waals surface area contributed by atoms with E-state index in [1.807, 2.05) is 36.4 Å². The molecule has 2 nitrogen and oxygen atoms in total. The minimum absolute atomic E-state index is 0.168. The molecule has 3 rings (SSSR count). The van der Waals surface area contributed by atoms with Gasteiger partial charge in [-0.25, -0.2) is 0 Å². The van der Waals surface area contributed by atoms with Crippen molar-refractivity contribution in [2.24, 2.45) is 5.73 Å². The maximum atomic E-state index is 6.48. The molecule has 3 aromatic rings. The molecule has 3 aromatic carbocycles. The molecule has 0 radical (unpaired) electrons. The van der Waals surface area contributed by atoms with E-state index < -0.39 is 0 Å². The highest BCUT2D eigenvalue weighted by Gasteiger charge is 2.14. The van der Waals surface area contributed by atoms with Gasteiger partial charge in [0.15, 0.2) is 0 Å². The zero-order valence-electron chi connectivity index (χ0n) is 11.7. The molecule has 0 saturated carbocycles. The van der Waals surface area contributed by atoms with Crippen LogP contribution in [-0.2, 0) is 0 Å². The average Bonchev–Trinajstić information content (AvgIpc) is 2.53. The zero-order valence-corrected chi connectivity index (χ0v) is 13.3. The molecule has 3 heteroatoms. The number of nitrogens with two attached hydrogens (primary N) is 1. The third-order valence-corrected chi connectivity index (χ3v) is 4.17. The third kappa shape index (κ3) is 2.67. The van der Waals surface area contributed by atoms with E-state index in [-0.39, 0.29) is 6.04 Å². The van der Waals surface area contributed by atoms with Crippen molar-refractivity contribution in [2.45, 2.75) is 6.04 Å². The summed E-state index contributed by atoms with van der Waals surface area (Å²) in [5, 5.41) is 2.22. The molecular weight excluding hydrogens is 326 g/mol. The standard InChI is InChI=1S/C18H16BrNO/c1-21-17-10-9-16(14-7-2-3-8-15(14)17)18(20)12-5-4-6-13(19)11-12/h2-11,18H,20H2,1H3. The van der Waals surface area contributed by atoms with Crippen molar-refractivity contribution in [3.63, 3.8) is 0 Å². The molecule has 0 amide bonds. The van der Waals surface area contributed by atoms with Gasteiger partial charge in [-0.3, -0.25) is 0 Å². The first kappa shape index (κ1) is 14.1. The lowest BCUT2D eigenvalue weighted by Crippen LogP contribution is -2.12. The van der Waals surface area contributed by atoms with Gasteiger partial charge in [-0.1, -0.05) is 58.4 Å². The molecule has 0 aromatic heterocycles. The predicted octanol–water partition coefficient (Wildman–Crippen LogP) is 4.66. The van der Waals surface area contributed by atoms with Gasteiger partial charge in [0.1, 0.15) is 5.75 Å². The van der Waals surface area contributed by atoms with Crippen molar-refractivity contribution in [1.82, 2.24) is 0 Å². The van der Waals surface area contributed by atoms with E-state index in [1.54, 1.807) is 7.11 Å². The summed E-state index contributed by atoms with van der Waals surface area (Å²) in [6.07, 6.45) is 0. The minimum atomic E-state index is -0.168. The molecule has 0 bridgehead atoms. The summed E-state index contributed by atoms with van der Waals surface area (Å²) in [5.41, 5.74) is 8.67. The van der Waals surface area contributed by atoms with Crippen LogP contribution in [0.2, 0.25) is 0 Å². The predicted molar refractivity (Wildman–Crippen MR) is 90.7 cm³/mol. The maximum absolute atomic E-state index is 6.48.